The first-order valence-electron chi connectivity index (χ1n) is 6.93. The van der Waals surface area contributed by atoms with E-state index in [9.17, 15) is 4.79 Å². The van der Waals surface area contributed by atoms with Gasteiger partial charge in [-0.25, -0.2) is 9.78 Å². The topological polar surface area (TPSA) is 72.8 Å². The predicted octanol–water partition coefficient (Wildman–Crippen LogP) is 4.39. The van der Waals surface area contributed by atoms with Crippen LogP contribution >= 0.6 is 34.5 Å². The Morgan fingerprint density at radius 1 is 1.42 bits per heavy atom. The summed E-state index contributed by atoms with van der Waals surface area (Å²) in [7, 11) is 1.49. The lowest BCUT2D eigenvalue weighted by Crippen LogP contribution is -2.03. The molecule has 0 atom stereocenters. The van der Waals surface area contributed by atoms with E-state index in [0.717, 1.165) is 0 Å². The van der Waals surface area contributed by atoms with E-state index in [1.54, 1.807) is 26.0 Å². The minimum Gasteiger partial charge on any atom is -0.494 e. The smallest absolute Gasteiger partial charge is 0.350 e. The highest BCUT2D eigenvalue weighted by Gasteiger charge is 2.16. The molecule has 24 heavy (non-hydrogen) atoms. The Kier molecular flexibility index (Phi) is 6.42. The first-order valence-corrected chi connectivity index (χ1v) is 8.50. The molecule has 0 bridgehead atoms. The van der Waals surface area contributed by atoms with E-state index in [1.165, 1.54) is 24.7 Å². The number of anilines is 1. The number of hydrogen-bond acceptors (Lipinski definition) is 7. The SMILES string of the molecule is CCOC(=O)c1sc(N/N=C\c2cc(Cl)c(OC)c(Cl)c2)nc1C. The zero-order valence-electron chi connectivity index (χ0n) is 13.2. The number of aryl methyl sites for hydroxylation is 1. The Morgan fingerprint density at radius 3 is 2.67 bits per heavy atom. The second kappa shape index (κ2) is 8.32. The molecule has 2 rings (SSSR count). The number of hydrogen-bond donors (Lipinski definition) is 1. The molecule has 0 fully saturated rings. The largest absolute Gasteiger partial charge is 0.494 e. The number of carbonyl (C=O) groups excluding carboxylic acids is 1. The monoisotopic (exact) mass is 387 g/mol. The highest BCUT2D eigenvalue weighted by atomic mass is 35.5. The van der Waals surface area contributed by atoms with Crippen LogP contribution in [-0.4, -0.2) is 30.9 Å². The number of benzene rings is 1. The molecule has 0 spiro atoms. The number of rotatable bonds is 6. The van der Waals surface area contributed by atoms with E-state index in [1.807, 2.05) is 0 Å². The maximum atomic E-state index is 11.8. The molecule has 9 heteroatoms. The summed E-state index contributed by atoms with van der Waals surface area (Å²) >= 11 is 13.3. The highest BCUT2D eigenvalue weighted by molar-refractivity contribution is 7.17. The minimum absolute atomic E-state index is 0.316. The van der Waals surface area contributed by atoms with Crippen molar-refractivity contribution in [3.05, 3.63) is 38.3 Å². The highest BCUT2D eigenvalue weighted by Crippen LogP contribution is 2.33. The van der Waals surface area contributed by atoms with Crippen LogP contribution < -0.4 is 10.2 Å². The van der Waals surface area contributed by atoms with Crippen LogP contribution in [0.2, 0.25) is 10.0 Å². The average Bonchev–Trinajstić information content (AvgIpc) is 2.88. The lowest BCUT2D eigenvalue weighted by Gasteiger charge is -2.06. The predicted molar refractivity (Wildman–Crippen MR) is 97.0 cm³/mol. The number of nitrogens with zero attached hydrogens (tertiary/aromatic N) is 2. The van der Waals surface area contributed by atoms with Gasteiger partial charge >= 0.3 is 5.97 Å². The summed E-state index contributed by atoms with van der Waals surface area (Å²) in [6, 6.07) is 3.35. The molecule has 6 nitrogen and oxygen atoms in total. The van der Waals surface area contributed by atoms with Crippen LogP contribution in [0.15, 0.2) is 17.2 Å². The van der Waals surface area contributed by atoms with Crippen molar-refractivity contribution in [2.45, 2.75) is 13.8 Å². The van der Waals surface area contributed by atoms with Gasteiger partial charge in [-0.1, -0.05) is 34.5 Å². The number of esters is 1. The van der Waals surface area contributed by atoms with Gasteiger partial charge in [0, 0.05) is 0 Å². The summed E-state index contributed by atoms with van der Waals surface area (Å²) in [4.78, 5) is 16.4. The van der Waals surface area contributed by atoms with E-state index in [2.05, 4.69) is 15.5 Å². The molecule has 1 aromatic carbocycles. The van der Waals surface area contributed by atoms with E-state index >= 15 is 0 Å². The fourth-order valence-corrected chi connectivity index (χ4v) is 3.31. The van der Waals surface area contributed by atoms with Gasteiger partial charge in [0.1, 0.15) is 4.88 Å². The van der Waals surface area contributed by atoms with Crippen molar-refractivity contribution in [3.8, 4) is 5.75 Å². The molecule has 1 heterocycles. The molecule has 1 aromatic heterocycles. The fourth-order valence-electron chi connectivity index (χ4n) is 1.84. The number of nitrogens with one attached hydrogen (secondary N) is 1. The number of hydrazone groups is 1. The van der Waals surface area contributed by atoms with Gasteiger partial charge in [-0.3, -0.25) is 5.43 Å². The average molecular weight is 388 g/mol. The van der Waals surface area contributed by atoms with Crippen molar-refractivity contribution >= 4 is 51.9 Å². The number of methoxy groups -OCH3 is 1. The van der Waals surface area contributed by atoms with Gasteiger partial charge in [0.15, 0.2) is 5.75 Å². The number of halogens is 2. The van der Waals surface area contributed by atoms with Crippen LogP contribution in [0.3, 0.4) is 0 Å². The third kappa shape index (κ3) is 4.37. The first kappa shape index (κ1) is 18.5. The Morgan fingerprint density at radius 2 is 2.08 bits per heavy atom. The van der Waals surface area contributed by atoms with Crippen molar-refractivity contribution in [2.24, 2.45) is 5.10 Å². The van der Waals surface area contributed by atoms with Gasteiger partial charge < -0.3 is 9.47 Å². The molecular formula is C15H15Cl2N3O3S. The van der Waals surface area contributed by atoms with E-state index < -0.39 is 5.97 Å². The second-order valence-corrected chi connectivity index (χ2v) is 6.36. The van der Waals surface area contributed by atoms with Crippen LogP contribution in [0.1, 0.15) is 27.9 Å². The maximum Gasteiger partial charge on any atom is 0.350 e. The third-order valence-electron chi connectivity index (χ3n) is 2.86. The lowest BCUT2D eigenvalue weighted by atomic mass is 10.2. The Hall–Kier alpha value is -1.83. The standard InChI is InChI=1S/C15H15Cl2N3O3S/c1-4-23-14(21)13-8(2)19-15(24-13)20-18-7-9-5-10(16)12(22-3)11(17)6-9/h5-7H,4H2,1-3H3,(H,19,20)/b18-7-. The Bertz CT molecular complexity index is 754. The summed E-state index contributed by atoms with van der Waals surface area (Å²) in [5.74, 6) is 0.0244. The molecule has 0 aliphatic heterocycles. The van der Waals surface area contributed by atoms with Gasteiger partial charge in [0.25, 0.3) is 0 Å². The summed E-state index contributed by atoms with van der Waals surface area (Å²) in [5.41, 5.74) is 4.05. The van der Waals surface area contributed by atoms with Crippen molar-refractivity contribution in [1.29, 1.82) is 0 Å². The lowest BCUT2D eigenvalue weighted by molar-refractivity contribution is 0.0531. The third-order valence-corrected chi connectivity index (χ3v) is 4.46. The summed E-state index contributed by atoms with van der Waals surface area (Å²) in [6.45, 7) is 3.81. The molecule has 1 N–H and O–H groups in total. The van der Waals surface area contributed by atoms with E-state index in [0.29, 0.717) is 43.7 Å². The molecule has 2 aromatic rings. The van der Waals surface area contributed by atoms with Crippen molar-refractivity contribution in [1.82, 2.24) is 4.98 Å². The van der Waals surface area contributed by atoms with Gasteiger partial charge in [-0.05, 0) is 31.5 Å². The Balaban J connectivity index is 2.10. The second-order valence-electron chi connectivity index (χ2n) is 4.54. The van der Waals surface area contributed by atoms with Gasteiger partial charge in [0.05, 0.1) is 35.7 Å². The number of carbonyl (C=O) groups is 1. The van der Waals surface area contributed by atoms with Crippen LogP contribution in [-0.2, 0) is 4.74 Å². The normalized spacial score (nSPS) is 10.9. The molecule has 0 amide bonds. The van der Waals surface area contributed by atoms with Crippen molar-refractivity contribution < 1.29 is 14.3 Å². The molecule has 0 unspecified atom stereocenters. The van der Waals surface area contributed by atoms with Crippen molar-refractivity contribution in [2.75, 3.05) is 19.1 Å². The summed E-state index contributed by atoms with van der Waals surface area (Å²) in [5, 5.41) is 5.34. The fraction of sp³-hybridized carbons (Fsp3) is 0.267. The van der Waals surface area contributed by atoms with Crippen LogP contribution in [0.5, 0.6) is 5.75 Å². The molecule has 0 radical (unpaired) electrons. The Labute approximate surface area is 153 Å². The van der Waals surface area contributed by atoms with Crippen LogP contribution in [0, 0.1) is 6.92 Å². The number of thiazole rings is 1. The summed E-state index contributed by atoms with van der Waals surface area (Å²) in [6.07, 6.45) is 1.54. The molecule has 0 saturated carbocycles. The van der Waals surface area contributed by atoms with E-state index in [4.69, 9.17) is 32.7 Å². The van der Waals surface area contributed by atoms with E-state index in [-0.39, 0.29) is 0 Å². The number of aromatic nitrogens is 1. The molecule has 0 aliphatic carbocycles. The molecule has 0 saturated heterocycles. The first-order chi connectivity index (χ1) is 11.5. The minimum atomic E-state index is -0.391. The quantitative estimate of drug-likeness (QED) is 0.451. The van der Waals surface area contributed by atoms with Crippen LogP contribution in [0.25, 0.3) is 0 Å². The maximum absolute atomic E-state index is 11.8. The zero-order valence-corrected chi connectivity index (χ0v) is 15.6. The van der Waals surface area contributed by atoms with Crippen molar-refractivity contribution in [3.63, 3.8) is 0 Å². The van der Waals surface area contributed by atoms with Crippen LogP contribution in [0.4, 0.5) is 5.13 Å². The van der Waals surface area contributed by atoms with Gasteiger partial charge in [-0.15, -0.1) is 0 Å². The number of ether oxygens (including phenoxy) is 2. The molecular weight excluding hydrogens is 373 g/mol. The molecule has 0 aliphatic rings. The van der Waals surface area contributed by atoms with Gasteiger partial charge in [0.2, 0.25) is 5.13 Å². The zero-order chi connectivity index (χ0) is 17.7. The van der Waals surface area contributed by atoms with Gasteiger partial charge in [-0.2, -0.15) is 5.10 Å². The molecule has 128 valence electrons. The summed E-state index contributed by atoms with van der Waals surface area (Å²) < 4.78 is 10.1.